The first-order valence-electron chi connectivity index (χ1n) is 6.41. The summed E-state index contributed by atoms with van der Waals surface area (Å²) in [4.78, 5) is 11.1. The van der Waals surface area contributed by atoms with Crippen LogP contribution in [0.15, 0.2) is 0 Å². The predicted octanol–water partition coefficient (Wildman–Crippen LogP) is 1.89. The SMILES string of the molecule is CNC(C)(COC1CC(C)CC(C)C1)C(=O)O. The molecular weight excluding hydrogens is 218 g/mol. The van der Waals surface area contributed by atoms with Gasteiger partial charge in [0.05, 0.1) is 12.7 Å². The number of hydrogen-bond acceptors (Lipinski definition) is 3. The van der Waals surface area contributed by atoms with Crippen molar-refractivity contribution >= 4 is 5.97 Å². The van der Waals surface area contributed by atoms with Gasteiger partial charge in [-0.05, 0) is 45.1 Å². The number of likely N-dealkylation sites (N-methyl/N-ethyl adjacent to an activating group) is 1. The van der Waals surface area contributed by atoms with Crippen LogP contribution in [0.2, 0.25) is 0 Å². The highest BCUT2D eigenvalue weighted by Gasteiger charge is 2.33. The van der Waals surface area contributed by atoms with Gasteiger partial charge in [0.25, 0.3) is 0 Å². The molecule has 1 rings (SSSR count). The Hall–Kier alpha value is -0.610. The summed E-state index contributed by atoms with van der Waals surface area (Å²) in [5, 5.41) is 11.9. The van der Waals surface area contributed by atoms with Gasteiger partial charge in [-0.3, -0.25) is 4.79 Å². The molecule has 3 atom stereocenters. The summed E-state index contributed by atoms with van der Waals surface area (Å²) in [5.74, 6) is 0.487. The van der Waals surface area contributed by atoms with E-state index in [2.05, 4.69) is 19.2 Å². The molecule has 0 bridgehead atoms. The Labute approximate surface area is 104 Å². The van der Waals surface area contributed by atoms with E-state index in [4.69, 9.17) is 9.84 Å². The molecule has 0 aromatic rings. The van der Waals surface area contributed by atoms with Crippen LogP contribution in [0, 0.1) is 11.8 Å². The van der Waals surface area contributed by atoms with E-state index in [9.17, 15) is 4.79 Å². The predicted molar refractivity (Wildman–Crippen MR) is 67.0 cm³/mol. The molecule has 0 aromatic carbocycles. The lowest BCUT2D eigenvalue weighted by Gasteiger charge is -2.33. The van der Waals surface area contributed by atoms with Gasteiger partial charge >= 0.3 is 5.97 Å². The fourth-order valence-corrected chi connectivity index (χ4v) is 2.53. The van der Waals surface area contributed by atoms with Crippen LogP contribution < -0.4 is 5.32 Å². The molecule has 100 valence electrons. The van der Waals surface area contributed by atoms with Crippen LogP contribution in [0.4, 0.5) is 0 Å². The quantitative estimate of drug-likeness (QED) is 0.774. The largest absolute Gasteiger partial charge is 0.480 e. The number of rotatable bonds is 5. The van der Waals surface area contributed by atoms with Crippen molar-refractivity contribution in [3.8, 4) is 0 Å². The molecule has 4 heteroatoms. The van der Waals surface area contributed by atoms with Crippen molar-refractivity contribution in [1.29, 1.82) is 0 Å². The van der Waals surface area contributed by atoms with E-state index in [-0.39, 0.29) is 12.7 Å². The average molecular weight is 243 g/mol. The fraction of sp³-hybridized carbons (Fsp3) is 0.923. The molecular formula is C13H25NO3. The molecule has 0 aliphatic heterocycles. The van der Waals surface area contributed by atoms with Crippen LogP contribution in [0.3, 0.4) is 0 Å². The number of carboxylic acid groups (broad SMARTS) is 1. The molecule has 0 amide bonds. The summed E-state index contributed by atoms with van der Waals surface area (Å²) in [5.41, 5.74) is -0.982. The van der Waals surface area contributed by atoms with E-state index >= 15 is 0 Å². The van der Waals surface area contributed by atoms with Gasteiger partial charge in [-0.15, -0.1) is 0 Å². The zero-order valence-corrected chi connectivity index (χ0v) is 11.3. The van der Waals surface area contributed by atoms with Crippen LogP contribution in [0.5, 0.6) is 0 Å². The van der Waals surface area contributed by atoms with Gasteiger partial charge in [0.15, 0.2) is 0 Å². The second-order valence-corrected chi connectivity index (χ2v) is 5.74. The van der Waals surface area contributed by atoms with Crippen LogP contribution in [-0.4, -0.2) is 36.4 Å². The monoisotopic (exact) mass is 243 g/mol. The third-order valence-electron chi connectivity index (χ3n) is 3.77. The zero-order valence-electron chi connectivity index (χ0n) is 11.3. The number of hydrogen-bond donors (Lipinski definition) is 2. The molecule has 1 aliphatic rings. The fourth-order valence-electron chi connectivity index (χ4n) is 2.53. The van der Waals surface area contributed by atoms with Crippen molar-refractivity contribution in [3.05, 3.63) is 0 Å². The minimum atomic E-state index is -0.982. The van der Waals surface area contributed by atoms with Gasteiger partial charge in [0.2, 0.25) is 0 Å². The lowest BCUT2D eigenvalue weighted by atomic mass is 9.82. The third-order valence-corrected chi connectivity index (χ3v) is 3.77. The van der Waals surface area contributed by atoms with Crippen molar-refractivity contribution in [2.24, 2.45) is 11.8 Å². The van der Waals surface area contributed by atoms with E-state index < -0.39 is 11.5 Å². The second-order valence-electron chi connectivity index (χ2n) is 5.74. The first-order valence-corrected chi connectivity index (χ1v) is 6.41. The zero-order chi connectivity index (χ0) is 13.1. The van der Waals surface area contributed by atoms with E-state index in [1.807, 2.05) is 0 Å². The second kappa shape index (κ2) is 5.83. The van der Waals surface area contributed by atoms with Gasteiger partial charge in [0, 0.05) is 0 Å². The molecule has 17 heavy (non-hydrogen) atoms. The highest BCUT2D eigenvalue weighted by atomic mass is 16.5. The van der Waals surface area contributed by atoms with Crippen molar-refractivity contribution < 1.29 is 14.6 Å². The molecule has 1 fully saturated rings. The average Bonchev–Trinajstić information content (AvgIpc) is 2.24. The van der Waals surface area contributed by atoms with E-state index in [0.717, 1.165) is 12.8 Å². The number of nitrogens with one attached hydrogen (secondary N) is 1. The van der Waals surface area contributed by atoms with Crippen molar-refractivity contribution in [3.63, 3.8) is 0 Å². The highest BCUT2D eigenvalue weighted by molar-refractivity contribution is 5.78. The maximum absolute atomic E-state index is 11.1. The molecule has 0 saturated heterocycles. The van der Waals surface area contributed by atoms with Gasteiger partial charge < -0.3 is 15.2 Å². The van der Waals surface area contributed by atoms with Gasteiger partial charge in [-0.25, -0.2) is 0 Å². The first kappa shape index (κ1) is 14.5. The Bertz CT molecular complexity index is 259. The lowest BCUT2D eigenvalue weighted by molar-refractivity contribution is -0.148. The van der Waals surface area contributed by atoms with Gasteiger partial charge in [0.1, 0.15) is 5.54 Å². The maximum Gasteiger partial charge on any atom is 0.326 e. The summed E-state index contributed by atoms with van der Waals surface area (Å²) in [6, 6.07) is 0. The van der Waals surface area contributed by atoms with Crippen LogP contribution in [-0.2, 0) is 9.53 Å². The highest BCUT2D eigenvalue weighted by Crippen LogP contribution is 2.30. The van der Waals surface area contributed by atoms with Crippen molar-refractivity contribution in [2.75, 3.05) is 13.7 Å². The minimum Gasteiger partial charge on any atom is -0.480 e. The molecule has 4 nitrogen and oxygen atoms in total. The molecule has 0 radical (unpaired) electrons. The summed E-state index contributed by atoms with van der Waals surface area (Å²) >= 11 is 0. The number of carboxylic acids is 1. The van der Waals surface area contributed by atoms with Crippen LogP contribution in [0.1, 0.15) is 40.0 Å². The van der Waals surface area contributed by atoms with E-state index in [1.165, 1.54) is 6.42 Å². The molecule has 0 aromatic heterocycles. The Morgan fingerprint density at radius 2 is 1.88 bits per heavy atom. The molecule has 0 spiro atoms. The Balaban J connectivity index is 2.46. The smallest absolute Gasteiger partial charge is 0.326 e. The minimum absolute atomic E-state index is 0.209. The third kappa shape index (κ3) is 3.96. The van der Waals surface area contributed by atoms with E-state index in [1.54, 1.807) is 14.0 Å². The summed E-state index contributed by atoms with van der Waals surface area (Å²) in [6.45, 7) is 6.36. The summed E-state index contributed by atoms with van der Waals surface area (Å²) in [6.07, 6.45) is 3.55. The van der Waals surface area contributed by atoms with Crippen molar-refractivity contribution in [1.82, 2.24) is 5.32 Å². The van der Waals surface area contributed by atoms with Crippen LogP contribution in [0.25, 0.3) is 0 Å². The molecule has 1 aliphatic carbocycles. The summed E-state index contributed by atoms with van der Waals surface area (Å²) in [7, 11) is 1.66. The maximum atomic E-state index is 11.1. The van der Waals surface area contributed by atoms with Gasteiger partial charge in [-0.1, -0.05) is 13.8 Å². The number of aliphatic carboxylic acids is 1. The normalized spacial score (nSPS) is 33.1. The van der Waals surface area contributed by atoms with Crippen LogP contribution >= 0.6 is 0 Å². The summed E-state index contributed by atoms with van der Waals surface area (Å²) < 4.78 is 5.80. The number of ether oxygens (including phenoxy) is 1. The van der Waals surface area contributed by atoms with Gasteiger partial charge in [-0.2, -0.15) is 0 Å². The Kier molecular flexibility index (Phi) is 4.95. The molecule has 1 saturated carbocycles. The van der Waals surface area contributed by atoms with E-state index in [0.29, 0.717) is 11.8 Å². The molecule has 2 N–H and O–H groups in total. The molecule has 3 unspecified atom stereocenters. The van der Waals surface area contributed by atoms with Crippen molar-refractivity contribution in [2.45, 2.75) is 51.7 Å². The Morgan fingerprint density at radius 1 is 1.35 bits per heavy atom. The topological polar surface area (TPSA) is 58.6 Å². The first-order chi connectivity index (χ1) is 7.87. The molecule has 0 heterocycles. The Morgan fingerprint density at radius 3 is 2.29 bits per heavy atom. The number of carbonyl (C=O) groups is 1. The standard InChI is InChI=1S/C13H25NO3/c1-9-5-10(2)7-11(6-9)17-8-13(3,14-4)12(15)16/h9-11,14H,5-8H2,1-4H3,(H,15,16). The lowest BCUT2D eigenvalue weighted by Crippen LogP contribution is -2.52.